The van der Waals surface area contributed by atoms with Crippen molar-refractivity contribution in [2.24, 2.45) is 0 Å². The van der Waals surface area contributed by atoms with Crippen molar-refractivity contribution in [3.05, 3.63) is 24.3 Å². The first-order valence-electron chi connectivity index (χ1n) is 29.9. The summed E-state index contributed by atoms with van der Waals surface area (Å²) < 4.78 is 17.5. The van der Waals surface area contributed by atoms with Crippen molar-refractivity contribution in [3.63, 3.8) is 0 Å². The van der Waals surface area contributed by atoms with Crippen LogP contribution in [0.3, 0.4) is 0 Å². The lowest BCUT2D eigenvalue weighted by atomic mass is 10.0. The van der Waals surface area contributed by atoms with E-state index in [9.17, 15) is 9.59 Å². The van der Waals surface area contributed by atoms with Gasteiger partial charge in [0.1, 0.15) is 6.61 Å². The highest BCUT2D eigenvalue weighted by Crippen LogP contribution is 2.17. The maximum Gasteiger partial charge on any atom is 0.306 e. The fourth-order valence-electron chi connectivity index (χ4n) is 9.01. The van der Waals surface area contributed by atoms with Crippen molar-refractivity contribution in [1.29, 1.82) is 0 Å². The van der Waals surface area contributed by atoms with Gasteiger partial charge in [-0.2, -0.15) is 0 Å². The Labute approximate surface area is 413 Å². The van der Waals surface area contributed by atoms with Crippen LogP contribution in [-0.2, 0) is 23.8 Å². The molecule has 0 aromatic rings. The largest absolute Gasteiger partial charge is 0.462 e. The number of carbonyl (C=O) groups is 2. The number of esters is 2. The van der Waals surface area contributed by atoms with Crippen LogP contribution in [-0.4, -0.2) is 37.9 Å². The molecule has 0 rings (SSSR count). The average molecular weight is 930 g/mol. The number of allylic oxidation sites excluding steroid dienone is 4. The number of rotatable bonds is 56. The van der Waals surface area contributed by atoms with Gasteiger partial charge in [-0.3, -0.25) is 9.59 Å². The van der Waals surface area contributed by atoms with Crippen LogP contribution in [0, 0.1) is 0 Å². The topological polar surface area (TPSA) is 61.8 Å². The van der Waals surface area contributed by atoms with Crippen molar-refractivity contribution in [2.75, 3.05) is 19.8 Å². The molecule has 0 bridgehead atoms. The van der Waals surface area contributed by atoms with E-state index in [1.54, 1.807) is 0 Å². The first-order valence-corrected chi connectivity index (χ1v) is 29.9. The third kappa shape index (κ3) is 55.0. The highest BCUT2D eigenvalue weighted by Gasteiger charge is 2.17. The van der Waals surface area contributed by atoms with Crippen LogP contribution in [0.5, 0.6) is 0 Å². The molecule has 5 heteroatoms. The molecule has 0 saturated carbocycles. The van der Waals surface area contributed by atoms with E-state index >= 15 is 0 Å². The van der Waals surface area contributed by atoms with Crippen LogP contribution in [0.4, 0.5) is 0 Å². The zero-order valence-corrected chi connectivity index (χ0v) is 45.0. The fourth-order valence-corrected chi connectivity index (χ4v) is 9.01. The summed E-state index contributed by atoms with van der Waals surface area (Å²) in [4.78, 5) is 25.5. The van der Waals surface area contributed by atoms with Crippen LogP contribution in [0.2, 0.25) is 0 Å². The summed E-state index contributed by atoms with van der Waals surface area (Å²) in [6.07, 6.45) is 69.1. The maximum atomic E-state index is 12.9. The molecule has 0 unspecified atom stereocenters. The normalized spacial score (nSPS) is 12.2. The molecule has 66 heavy (non-hydrogen) atoms. The number of hydrogen-bond acceptors (Lipinski definition) is 5. The summed E-state index contributed by atoms with van der Waals surface area (Å²) >= 11 is 0. The molecule has 5 nitrogen and oxygen atoms in total. The van der Waals surface area contributed by atoms with Gasteiger partial charge in [0.25, 0.3) is 0 Å². The Morgan fingerprint density at radius 1 is 0.333 bits per heavy atom. The van der Waals surface area contributed by atoms with Crippen molar-refractivity contribution in [3.8, 4) is 0 Å². The molecule has 0 amide bonds. The predicted octanol–water partition coefficient (Wildman–Crippen LogP) is 20.4. The zero-order valence-electron chi connectivity index (χ0n) is 45.0. The number of carbonyl (C=O) groups excluding carboxylic acids is 2. The number of hydrogen-bond donors (Lipinski definition) is 0. The molecule has 0 aliphatic carbocycles. The third-order valence-corrected chi connectivity index (χ3v) is 13.5. The number of unbranched alkanes of at least 4 members (excludes halogenated alkanes) is 41. The smallest absolute Gasteiger partial charge is 0.306 e. The van der Waals surface area contributed by atoms with Gasteiger partial charge in [0.05, 0.1) is 6.61 Å². The molecule has 0 aliphatic rings. The summed E-state index contributed by atoms with van der Waals surface area (Å²) in [5.74, 6) is -0.377. The Morgan fingerprint density at radius 2 is 0.636 bits per heavy atom. The van der Waals surface area contributed by atoms with E-state index in [-0.39, 0.29) is 18.5 Å². The summed E-state index contributed by atoms with van der Waals surface area (Å²) in [5, 5.41) is 0. The van der Waals surface area contributed by atoms with Crippen molar-refractivity contribution in [1.82, 2.24) is 0 Å². The van der Waals surface area contributed by atoms with Crippen LogP contribution in [0.25, 0.3) is 0 Å². The first-order chi connectivity index (χ1) is 32.6. The second-order valence-corrected chi connectivity index (χ2v) is 20.3. The van der Waals surface area contributed by atoms with Gasteiger partial charge in [0.2, 0.25) is 0 Å². The zero-order chi connectivity index (χ0) is 47.7. The molecule has 0 fully saturated rings. The Hall–Kier alpha value is -1.62. The molecule has 390 valence electrons. The molecule has 0 saturated heterocycles. The highest BCUT2D eigenvalue weighted by molar-refractivity contribution is 5.70. The van der Waals surface area contributed by atoms with E-state index in [4.69, 9.17) is 14.2 Å². The SMILES string of the molecule is CCCCC/C=C\C/C=C\CCCCCCCCCCCC(=O)O[C@H](COCCCCCCCCCCCCCCCCCC)COC(=O)CCCCCCCCCCCCCCCCC. The van der Waals surface area contributed by atoms with Gasteiger partial charge >= 0.3 is 11.9 Å². The second kappa shape index (κ2) is 57.7. The van der Waals surface area contributed by atoms with E-state index in [0.717, 1.165) is 38.5 Å². The average Bonchev–Trinajstić information content (AvgIpc) is 3.32. The van der Waals surface area contributed by atoms with Crippen LogP contribution in [0.1, 0.15) is 329 Å². The molecule has 0 radical (unpaired) electrons. The summed E-state index contributed by atoms with van der Waals surface area (Å²) in [7, 11) is 0. The molecule has 0 heterocycles. The van der Waals surface area contributed by atoms with Gasteiger partial charge in [0, 0.05) is 19.4 Å². The summed E-state index contributed by atoms with van der Waals surface area (Å²) in [6, 6.07) is 0. The second-order valence-electron chi connectivity index (χ2n) is 20.3. The van der Waals surface area contributed by atoms with Crippen LogP contribution < -0.4 is 0 Å². The van der Waals surface area contributed by atoms with Gasteiger partial charge in [-0.05, 0) is 51.4 Å². The van der Waals surface area contributed by atoms with Gasteiger partial charge in [-0.25, -0.2) is 0 Å². The minimum Gasteiger partial charge on any atom is -0.462 e. The Kier molecular flexibility index (Phi) is 56.3. The van der Waals surface area contributed by atoms with E-state index in [1.807, 2.05) is 0 Å². The first kappa shape index (κ1) is 64.4. The van der Waals surface area contributed by atoms with Gasteiger partial charge in [-0.1, -0.05) is 289 Å². The highest BCUT2D eigenvalue weighted by atomic mass is 16.6. The molecular formula is C61H116O5. The molecule has 0 spiro atoms. The number of ether oxygens (including phenoxy) is 3. The van der Waals surface area contributed by atoms with Gasteiger partial charge in [0.15, 0.2) is 6.10 Å². The Morgan fingerprint density at radius 3 is 1.03 bits per heavy atom. The van der Waals surface area contributed by atoms with E-state index in [1.165, 1.54) is 257 Å². The third-order valence-electron chi connectivity index (χ3n) is 13.5. The molecule has 0 N–H and O–H groups in total. The predicted molar refractivity (Wildman–Crippen MR) is 289 cm³/mol. The molecule has 0 aromatic carbocycles. The Bertz CT molecular complexity index is 1010. The molecule has 0 aromatic heterocycles. The van der Waals surface area contributed by atoms with Crippen LogP contribution in [0.15, 0.2) is 24.3 Å². The summed E-state index contributed by atoms with van der Waals surface area (Å²) in [6.45, 7) is 7.88. The van der Waals surface area contributed by atoms with E-state index < -0.39 is 6.10 Å². The quantitative estimate of drug-likeness (QED) is 0.0345. The van der Waals surface area contributed by atoms with Crippen molar-refractivity contribution < 1.29 is 23.8 Å². The minimum atomic E-state index is -0.531. The standard InChI is InChI=1S/C61H116O5/c1-4-7-10-13-16-19-22-25-28-30-31-32-34-37-40-43-46-49-52-55-61(63)66-59(57-64-56-53-50-47-44-41-38-35-29-26-23-20-17-14-11-8-5-2)58-65-60(62)54-51-48-45-42-39-36-33-27-24-21-18-15-12-9-6-3/h16,19,25,28,59H,4-15,17-18,20-24,26-27,29-58H2,1-3H3/b19-16-,28-25-/t59-/m1/s1. The summed E-state index contributed by atoms with van der Waals surface area (Å²) in [5.41, 5.74) is 0. The monoisotopic (exact) mass is 929 g/mol. The molecule has 1 atom stereocenters. The minimum absolute atomic E-state index is 0.0924. The fraction of sp³-hybridized carbons (Fsp3) is 0.902. The Balaban J connectivity index is 4.22. The lowest BCUT2D eigenvalue weighted by Crippen LogP contribution is -2.30. The van der Waals surface area contributed by atoms with Crippen molar-refractivity contribution >= 4 is 11.9 Å². The maximum absolute atomic E-state index is 12.9. The van der Waals surface area contributed by atoms with E-state index in [0.29, 0.717) is 26.1 Å². The van der Waals surface area contributed by atoms with Gasteiger partial charge < -0.3 is 14.2 Å². The lowest BCUT2D eigenvalue weighted by molar-refractivity contribution is -0.163. The molecule has 0 aliphatic heterocycles. The van der Waals surface area contributed by atoms with Crippen LogP contribution >= 0.6 is 0 Å². The van der Waals surface area contributed by atoms with Crippen molar-refractivity contribution in [2.45, 2.75) is 335 Å². The van der Waals surface area contributed by atoms with Gasteiger partial charge in [-0.15, -0.1) is 0 Å². The molecular weight excluding hydrogens is 813 g/mol. The van der Waals surface area contributed by atoms with E-state index in [2.05, 4.69) is 45.1 Å². The lowest BCUT2D eigenvalue weighted by Gasteiger charge is -2.18.